The summed E-state index contributed by atoms with van der Waals surface area (Å²) in [5, 5.41) is 3.38. The Kier molecular flexibility index (Phi) is 4.47. The molecule has 23 heavy (non-hydrogen) atoms. The molecule has 1 aliphatic rings. The number of fused-ring (bicyclic) bond motifs is 1. The van der Waals surface area contributed by atoms with Crippen molar-refractivity contribution in [2.75, 3.05) is 5.75 Å². The summed E-state index contributed by atoms with van der Waals surface area (Å²) in [6.45, 7) is 2.15. The molecule has 2 aromatic rings. The van der Waals surface area contributed by atoms with E-state index in [2.05, 4.69) is 10.3 Å². The second-order valence-corrected chi connectivity index (χ2v) is 6.44. The lowest BCUT2D eigenvalue weighted by atomic mass is 10.1. The number of hydrogen-bond acceptors (Lipinski definition) is 4. The lowest BCUT2D eigenvalue weighted by molar-refractivity contribution is -0.125. The van der Waals surface area contributed by atoms with E-state index in [9.17, 15) is 14.0 Å². The topological polar surface area (TPSA) is 64.0 Å². The Morgan fingerprint density at radius 1 is 1.48 bits per heavy atom. The van der Waals surface area contributed by atoms with Gasteiger partial charge in [0.25, 0.3) is 5.56 Å². The van der Waals surface area contributed by atoms with Crippen molar-refractivity contribution in [3.63, 3.8) is 0 Å². The summed E-state index contributed by atoms with van der Waals surface area (Å²) in [4.78, 5) is 28.7. The van der Waals surface area contributed by atoms with E-state index < -0.39 is 0 Å². The summed E-state index contributed by atoms with van der Waals surface area (Å²) in [6.07, 6.45) is 1.56. The molecule has 1 N–H and O–H groups in total. The van der Waals surface area contributed by atoms with Crippen LogP contribution in [0.4, 0.5) is 4.39 Å². The van der Waals surface area contributed by atoms with E-state index in [0.29, 0.717) is 28.6 Å². The molecule has 1 aliphatic heterocycles. The highest BCUT2D eigenvalue weighted by atomic mass is 32.2. The van der Waals surface area contributed by atoms with Crippen LogP contribution >= 0.6 is 11.8 Å². The van der Waals surface area contributed by atoms with Crippen LogP contribution in [0.2, 0.25) is 0 Å². The number of thioether (sulfide) groups is 1. The minimum atomic E-state index is -0.341. The van der Waals surface area contributed by atoms with E-state index in [1.807, 2.05) is 0 Å². The quantitative estimate of drug-likeness (QED) is 0.869. The van der Waals surface area contributed by atoms with Gasteiger partial charge >= 0.3 is 0 Å². The predicted molar refractivity (Wildman–Crippen MR) is 85.7 cm³/mol. The molecule has 1 aromatic carbocycles. The molecule has 1 aromatic heterocycles. The summed E-state index contributed by atoms with van der Waals surface area (Å²) in [5.41, 5.74) is 0.884. The molecule has 0 radical (unpaired) electrons. The molecule has 120 valence electrons. The van der Waals surface area contributed by atoms with Gasteiger partial charge in [-0.15, -0.1) is 0 Å². The molecule has 3 rings (SSSR count). The molecule has 0 saturated carbocycles. The normalized spacial score (nSPS) is 16.7. The van der Waals surface area contributed by atoms with Crippen LogP contribution in [0.5, 0.6) is 0 Å². The highest BCUT2D eigenvalue weighted by Gasteiger charge is 2.26. The van der Waals surface area contributed by atoms with Gasteiger partial charge in [0.05, 0.1) is 5.92 Å². The molecule has 0 spiro atoms. The van der Waals surface area contributed by atoms with Crippen LogP contribution in [-0.2, 0) is 17.9 Å². The standard InChI is InChI=1S/C16H16FN3O2S/c1-10-6-19-16-20(15(10)22)8-12(9-23-16)14(21)18-7-11-4-2-3-5-13(11)17/h2-6,12H,7-9H2,1H3,(H,18,21). The second-order valence-electron chi connectivity index (χ2n) is 5.46. The van der Waals surface area contributed by atoms with Gasteiger partial charge in [-0.05, 0) is 13.0 Å². The molecule has 2 heterocycles. The monoisotopic (exact) mass is 333 g/mol. The number of benzene rings is 1. The van der Waals surface area contributed by atoms with Gasteiger partial charge in [0, 0.05) is 36.2 Å². The molecular weight excluding hydrogens is 317 g/mol. The Hall–Kier alpha value is -2.15. The first-order chi connectivity index (χ1) is 11.1. The Balaban J connectivity index is 1.69. The molecule has 1 amide bonds. The van der Waals surface area contributed by atoms with Crippen molar-refractivity contribution in [2.45, 2.75) is 25.2 Å². The first-order valence-electron chi connectivity index (χ1n) is 7.26. The number of aryl methyl sites for hydroxylation is 1. The van der Waals surface area contributed by atoms with Crippen molar-refractivity contribution in [3.05, 3.63) is 57.8 Å². The SMILES string of the molecule is Cc1cnc2n(c1=O)CC(C(=O)NCc1ccccc1F)CS2. The summed E-state index contributed by atoms with van der Waals surface area (Å²) in [5.74, 6) is -0.300. The Labute approximate surface area is 136 Å². The Bertz CT molecular complexity index is 806. The van der Waals surface area contributed by atoms with Crippen molar-refractivity contribution < 1.29 is 9.18 Å². The van der Waals surface area contributed by atoms with E-state index in [1.54, 1.807) is 31.3 Å². The second kappa shape index (κ2) is 6.54. The number of hydrogen-bond donors (Lipinski definition) is 1. The smallest absolute Gasteiger partial charge is 0.257 e. The first-order valence-corrected chi connectivity index (χ1v) is 8.25. The van der Waals surface area contributed by atoms with Gasteiger partial charge in [0.1, 0.15) is 5.82 Å². The third-order valence-electron chi connectivity index (χ3n) is 3.78. The molecular formula is C16H16FN3O2S. The molecule has 1 unspecified atom stereocenters. The maximum Gasteiger partial charge on any atom is 0.257 e. The van der Waals surface area contributed by atoms with Gasteiger partial charge in [0.2, 0.25) is 5.91 Å². The van der Waals surface area contributed by atoms with Crippen LogP contribution in [-0.4, -0.2) is 21.2 Å². The maximum absolute atomic E-state index is 13.6. The Morgan fingerprint density at radius 2 is 2.26 bits per heavy atom. The number of nitrogens with one attached hydrogen (secondary N) is 1. The number of amides is 1. The minimum Gasteiger partial charge on any atom is -0.352 e. The van der Waals surface area contributed by atoms with E-state index in [-0.39, 0.29) is 29.7 Å². The lowest BCUT2D eigenvalue weighted by Crippen LogP contribution is -2.40. The molecule has 0 fully saturated rings. The number of carbonyl (C=O) groups excluding carboxylic acids is 1. The van der Waals surface area contributed by atoms with E-state index in [1.165, 1.54) is 22.4 Å². The number of halogens is 1. The Morgan fingerprint density at radius 3 is 3.04 bits per heavy atom. The van der Waals surface area contributed by atoms with Crippen LogP contribution in [0.15, 0.2) is 40.4 Å². The van der Waals surface area contributed by atoms with Gasteiger partial charge < -0.3 is 5.32 Å². The molecule has 1 atom stereocenters. The average Bonchev–Trinajstić information content (AvgIpc) is 2.57. The van der Waals surface area contributed by atoms with E-state index >= 15 is 0 Å². The molecule has 0 aliphatic carbocycles. The predicted octanol–water partition coefficient (Wildman–Crippen LogP) is 1.73. The minimum absolute atomic E-state index is 0.117. The highest BCUT2D eigenvalue weighted by molar-refractivity contribution is 7.99. The summed E-state index contributed by atoms with van der Waals surface area (Å²) in [6, 6.07) is 6.34. The van der Waals surface area contributed by atoms with Gasteiger partial charge in [-0.25, -0.2) is 9.37 Å². The number of rotatable bonds is 3. The van der Waals surface area contributed by atoms with Crippen molar-refractivity contribution in [1.29, 1.82) is 0 Å². The zero-order chi connectivity index (χ0) is 16.4. The van der Waals surface area contributed by atoms with Gasteiger partial charge in [-0.2, -0.15) is 0 Å². The van der Waals surface area contributed by atoms with Crippen molar-refractivity contribution >= 4 is 17.7 Å². The third kappa shape index (κ3) is 3.29. The highest BCUT2D eigenvalue weighted by Crippen LogP contribution is 2.25. The fourth-order valence-corrected chi connectivity index (χ4v) is 3.48. The fraction of sp³-hybridized carbons (Fsp3) is 0.312. The lowest BCUT2D eigenvalue weighted by Gasteiger charge is -2.24. The van der Waals surface area contributed by atoms with E-state index in [0.717, 1.165) is 0 Å². The maximum atomic E-state index is 13.6. The van der Waals surface area contributed by atoms with Crippen molar-refractivity contribution in [3.8, 4) is 0 Å². The van der Waals surface area contributed by atoms with Gasteiger partial charge in [0.15, 0.2) is 5.16 Å². The van der Waals surface area contributed by atoms with Gasteiger partial charge in [-0.1, -0.05) is 30.0 Å². The first kappa shape index (κ1) is 15.7. The van der Waals surface area contributed by atoms with Crippen LogP contribution in [0.3, 0.4) is 0 Å². The van der Waals surface area contributed by atoms with Crippen LogP contribution in [0.25, 0.3) is 0 Å². The zero-order valence-electron chi connectivity index (χ0n) is 12.6. The molecule has 7 heteroatoms. The third-order valence-corrected chi connectivity index (χ3v) is 4.93. The zero-order valence-corrected chi connectivity index (χ0v) is 13.4. The number of carbonyl (C=O) groups is 1. The number of nitrogens with zero attached hydrogens (tertiary/aromatic N) is 2. The van der Waals surface area contributed by atoms with Crippen molar-refractivity contribution in [2.24, 2.45) is 5.92 Å². The van der Waals surface area contributed by atoms with Gasteiger partial charge in [-0.3, -0.25) is 14.2 Å². The van der Waals surface area contributed by atoms with Crippen molar-refractivity contribution in [1.82, 2.24) is 14.9 Å². The van der Waals surface area contributed by atoms with Crippen LogP contribution in [0, 0.1) is 18.7 Å². The summed E-state index contributed by atoms with van der Waals surface area (Å²) >= 11 is 1.39. The largest absolute Gasteiger partial charge is 0.352 e. The fourth-order valence-electron chi connectivity index (χ4n) is 2.43. The van der Waals surface area contributed by atoms with Crippen LogP contribution in [0.1, 0.15) is 11.1 Å². The average molecular weight is 333 g/mol. The molecule has 0 saturated heterocycles. The molecule has 0 bridgehead atoms. The molecule has 5 nitrogen and oxygen atoms in total. The summed E-state index contributed by atoms with van der Waals surface area (Å²) in [7, 11) is 0. The van der Waals surface area contributed by atoms with Crippen LogP contribution < -0.4 is 10.9 Å². The number of aromatic nitrogens is 2. The van der Waals surface area contributed by atoms with E-state index in [4.69, 9.17) is 0 Å². The summed E-state index contributed by atoms with van der Waals surface area (Å²) < 4.78 is 15.1.